The summed E-state index contributed by atoms with van der Waals surface area (Å²) < 4.78 is 23.4. The zero-order valence-electron chi connectivity index (χ0n) is 45.0. The standard InChI is InChI=1S/C59H109N2O6P/c1-6-8-10-12-14-16-18-20-22-24-25-26-27-28-29-30-31-32-33-34-35-37-39-41-43-45-47-49-51-53-59(63)60-57(56-67-68(64,65)66-55-54-61(3,4)5)58(62)52-50-48-46-44-42-40-38-36-23-21-19-17-15-13-11-9-7-2/h8,10,14,16,20,22,25-26,28-29,31-32,57-58,62H,6-7,9,11-13,15,17-19,21,23-24,27,30,33-56H2,1-5H3,(H-,60,63,64,65)/b10-8-,16-14-,22-20-,26-25-,29-28-,32-31-. The highest BCUT2D eigenvalue weighted by atomic mass is 31.2. The highest BCUT2D eigenvalue weighted by molar-refractivity contribution is 7.45. The molecule has 0 saturated heterocycles. The number of aliphatic hydroxyl groups excluding tert-OH is 1. The molecule has 8 nitrogen and oxygen atoms in total. The summed E-state index contributed by atoms with van der Waals surface area (Å²) in [5.74, 6) is -0.171. The van der Waals surface area contributed by atoms with Crippen molar-refractivity contribution in [2.24, 2.45) is 0 Å². The molecule has 0 aliphatic rings. The summed E-state index contributed by atoms with van der Waals surface area (Å²) in [6.45, 7) is 4.62. The maximum atomic E-state index is 13.0. The maximum absolute atomic E-state index is 13.0. The summed E-state index contributed by atoms with van der Waals surface area (Å²) in [5.41, 5.74) is 0. The minimum Gasteiger partial charge on any atom is -0.756 e. The normalized spacial score (nSPS) is 14.5. The highest BCUT2D eigenvalue weighted by Crippen LogP contribution is 2.38. The van der Waals surface area contributed by atoms with Gasteiger partial charge in [0.05, 0.1) is 39.9 Å². The number of phosphoric acid groups is 1. The summed E-state index contributed by atoms with van der Waals surface area (Å²) in [6, 6.07) is -0.807. The Labute approximate surface area is 421 Å². The summed E-state index contributed by atoms with van der Waals surface area (Å²) in [6.07, 6.45) is 67.8. The summed E-state index contributed by atoms with van der Waals surface area (Å²) in [4.78, 5) is 25.5. The van der Waals surface area contributed by atoms with E-state index in [0.717, 1.165) is 83.5 Å². The molecule has 0 radical (unpaired) electrons. The number of nitrogens with one attached hydrogen (secondary N) is 1. The number of allylic oxidation sites excluding steroid dienone is 12. The molecule has 0 heterocycles. The largest absolute Gasteiger partial charge is 0.756 e. The van der Waals surface area contributed by atoms with Gasteiger partial charge in [0.2, 0.25) is 5.91 Å². The van der Waals surface area contributed by atoms with Crippen molar-refractivity contribution in [2.45, 2.75) is 257 Å². The van der Waals surface area contributed by atoms with E-state index in [1.165, 1.54) is 135 Å². The Kier molecular flexibility index (Phi) is 48.4. The van der Waals surface area contributed by atoms with E-state index in [1.807, 2.05) is 21.1 Å². The summed E-state index contributed by atoms with van der Waals surface area (Å²) >= 11 is 0. The topological polar surface area (TPSA) is 108 Å². The van der Waals surface area contributed by atoms with Gasteiger partial charge < -0.3 is 28.8 Å². The van der Waals surface area contributed by atoms with Crippen molar-refractivity contribution in [2.75, 3.05) is 40.9 Å². The minimum absolute atomic E-state index is 0.00877. The quantitative estimate of drug-likeness (QED) is 0.0272. The number of aliphatic hydroxyl groups is 1. The highest BCUT2D eigenvalue weighted by Gasteiger charge is 2.24. The zero-order valence-corrected chi connectivity index (χ0v) is 45.9. The fourth-order valence-corrected chi connectivity index (χ4v) is 8.77. The minimum atomic E-state index is -4.58. The van der Waals surface area contributed by atoms with Crippen LogP contribution in [0.3, 0.4) is 0 Å². The van der Waals surface area contributed by atoms with Gasteiger partial charge in [-0.25, -0.2) is 0 Å². The van der Waals surface area contributed by atoms with Crippen LogP contribution in [0.25, 0.3) is 0 Å². The van der Waals surface area contributed by atoms with Crippen LogP contribution in [0.2, 0.25) is 0 Å². The lowest BCUT2D eigenvalue weighted by Gasteiger charge is -2.30. The van der Waals surface area contributed by atoms with Crippen LogP contribution >= 0.6 is 7.82 Å². The van der Waals surface area contributed by atoms with Gasteiger partial charge in [0.1, 0.15) is 13.2 Å². The predicted molar refractivity (Wildman–Crippen MR) is 293 cm³/mol. The predicted octanol–water partition coefficient (Wildman–Crippen LogP) is 16.5. The molecule has 3 atom stereocenters. The van der Waals surface area contributed by atoms with Gasteiger partial charge in [-0.15, -0.1) is 0 Å². The van der Waals surface area contributed by atoms with Crippen LogP contribution in [0.15, 0.2) is 72.9 Å². The first-order valence-corrected chi connectivity index (χ1v) is 29.7. The Hall–Kier alpha value is -2.06. The third-order valence-electron chi connectivity index (χ3n) is 12.5. The number of hydrogen-bond acceptors (Lipinski definition) is 6. The first-order chi connectivity index (χ1) is 33.0. The van der Waals surface area contributed by atoms with Crippen molar-refractivity contribution in [3.05, 3.63) is 72.9 Å². The fraction of sp³-hybridized carbons (Fsp3) is 0.780. The molecular formula is C59H109N2O6P. The van der Waals surface area contributed by atoms with E-state index in [2.05, 4.69) is 92.1 Å². The number of hydrogen-bond donors (Lipinski definition) is 2. The molecule has 3 unspecified atom stereocenters. The average molecular weight is 974 g/mol. The van der Waals surface area contributed by atoms with E-state index in [9.17, 15) is 19.4 Å². The Morgan fingerprint density at radius 2 is 0.897 bits per heavy atom. The van der Waals surface area contributed by atoms with Gasteiger partial charge in [-0.2, -0.15) is 0 Å². The van der Waals surface area contributed by atoms with Crippen LogP contribution in [0.5, 0.6) is 0 Å². The number of likely N-dealkylation sites (N-methyl/N-ethyl adjacent to an activating group) is 1. The number of carbonyl (C=O) groups excluding carboxylic acids is 1. The van der Waals surface area contributed by atoms with Crippen LogP contribution in [0.1, 0.15) is 245 Å². The monoisotopic (exact) mass is 973 g/mol. The van der Waals surface area contributed by atoms with Crippen LogP contribution in [0.4, 0.5) is 0 Å². The van der Waals surface area contributed by atoms with Gasteiger partial charge in [0, 0.05) is 6.42 Å². The van der Waals surface area contributed by atoms with Gasteiger partial charge in [-0.1, -0.05) is 247 Å². The summed E-state index contributed by atoms with van der Waals surface area (Å²) in [7, 11) is 1.30. The molecule has 0 spiro atoms. The van der Waals surface area contributed by atoms with Crippen LogP contribution in [-0.2, 0) is 18.4 Å². The van der Waals surface area contributed by atoms with Gasteiger partial charge in [-0.3, -0.25) is 9.36 Å². The lowest BCUT2D eigenvalue weighted by molar-refractivity contribution is -0.870. The lowest BCUT2D eigenvalue weighted by Crippen LogP contribution is -2.46. The van der Waals surface area contributed by atoms with E-state index < -0.39 is 20.0 Å². The van der Waals surface area contributed by atoms with E-state index in [-0.39, 0.29) is 19.1 Å². The molecule has 0 rings (SSSR count). The van der Waals surface area contributed by atoms with Crippen LogP contribution in [-0.4, -0.2) is 68.5 Å². The molecule has 1 amide bonds. The number of unbranched alkanes of at least 4 members (excludes halogenated alkanes) is 26. The Bertz CT molecular complexity index is 1330. The molecule has 68 heavy (non-hydrogen) atoms. The second-order valence-electron chi connectivity index (χ2n) is 20.3. The number of nitrogens with zero attached hydrogens (tertiary/aromatic N) is 1. The molecule has 0 aliphatic heterocycles. The van der Waals surface area contributed by atoms with E-state index >= 15 is 0 Å². The third-order valence-corrected chi connectivity index (χ3v) is 13.4. The molecule has 0 saturated carbocycles. The SMILES string of the molecule is CC/C=C\C/C=C\C/C=C\C/C=C\C/C=C\C/C=C\CCCCCCCCCCCCC(=O)NC(COP(=O)([O-])OCC[N+](C)(C)C)C(O)CCCCCCCCCCCCCCCCCCC. The van der Waals surface area contributed by atoms with Crippen molar-refractivity contribution in [3.8, 4) is 0 Å². The van der Waals surface area contributed by atoms with Gasteiger partial charge in [-0.05, 0) is 64.2 Å². The molecule has 0 aromatic rings. The van der Waals surface area contributed by atoms with E-state index in [1.54, 1.807) is 0 Å². The van der Waals surface area contributed by atoms with Gasteiger partial charge in [0.15, 0.2) is 0 Å². The Morgan fingerprint density at radius 1 is 0.529 bits per heavy atom. The van der Waals surface area contributed by atoms with E-state index in [0.29, 0.717) is 23.9 Å². The van der Waals surface area contributed by atoms with Gasteiger partial charge >= 0.3 is 0 Å². The number of rotatable bonds is 51. The van der Waals surface area contributed by atoms with Crippen LogP contribution < -0.4 is 10.2 Å². The molecule has 396 valence electrons. The molecule has 0 aromatic carbocycles. The number of amides is 1. The molecule has 0 fully saturated rings. The maximum Gasteiger partial charge on any atom is 0.268 e. The van der Waals surface area contributed by atoms with Gasteiger partial charge in [0.25, 0.3) is 7.82 Å². The fourth-order valence-electron chi connectivity index (χ4n) is 8.04. The second kappa shape index (κ2) is 49.9. The van der Waals surface area contributed by atoms with Crippen LogP contribution in [0, 0.1) is 0 Å². The zero-order chi connectivity index (χ0) is 49.9. The van der Waals surface area contributed by atoms with Crippen molar-refractivity contribution in [1.29, 1.82) is 0 Å². The number of phosphoric ester groups is 1. The molecular weight excluding hydrogens is 864 g/mol. The third kappa shape index (κ3) is 51.8. The first kappa shape index (κ1) is 65.9. The second-order valence-corrected chi connectivity index (χ2v) is 21.7. The van der Waals surface area contributed by atoms with Crippen molar-refractivity contribution in [1.82, 2.24) is 5.32 Å². The van der Waals surface area contributed by atoms with E-state index in [4.69, 9.17) is 9.05 Å². The first-order valence-electron chi connectivity index (χ1n) is 28.3. The Balaban J connectivity index is 4.18. The molecule has 2 N–H and O–H groups in total. The number of quaternary nitrogens is 1. The van der Waals surface area contributed by atoms with Crippen molar-refractivity contribution < 1.29 is 32.9 Å². The van der Waals surface area contributed by atoms with Crippen molar-refractivity contribution in [3.63, 3.8) is 0 Å². The molecule has 0 aromatic heterocycles. The summed E-state index contributed by atoms with van der Waals surface area (Å²) in [5, 5.41) is 14.0. The van der Waals surface area contributed by atoms with Crippen molar-refractivity contribution >= 4 is 13.7 Å². The Morgan fingerprint density at radius 3 is 1.31 bits per heavy atom. The molecule has 0 bridgehead atoms. The smallest absolute Gasteiger partial charge is 0.268 e. The number of carbonyl (C=O) groups is 1. The average Bonchev–Trinajstić information content (AvgIpc) is 3.30. The molecule has 9 heteroatoms. The lowest BCUT2D eigenvalue weighted by atomic mass is 10.0. The molecule has 0 aliphatic carbocycles.